The minimum atomic E-state index is -0.307. The second kappa shape index (κ2) is 6.91. The second-order valence-corrected chi connectivity index (χ2v) is 5.27. The number of nitrogens with one attached hydrogen (secondary N) is 1. The molecular weight excluding hydrogens is 308 g/mol. The largest absolute Gasteiger partial charge is 0.463 e. The van der Waals surface area contributed by atoms with Gasteiger partial charge in [0.05, 0.1) is 12.3 Å². The molecule has 1 unspecified atom stereocenters. The number of hydrogen-bond acceptors (Lipinski definition) is 5. The molecule has 3 aromatic rings. The Morgan fingerprint density at radius 2 is 2.04 bits per heavy atom. The van der Waals surface area contributed by atoms with Gasteiger partial charge in [-0.1, -0.05) is 0 Å². The molecule has 0 radical (unpaired) electrons. The summed E-state index contributed by atoms with van der Waals surface area (Å²) in [5.41, 5.74) is 0.838. The molecular formula is C17H16N4O3. The topological polar surface area (TPSA) is 90.0 Å². The molecule has 1 amide bonds. The van der Waals surface area contributed by atoms with Crippen LogP contribution in [0.15, 0.2) is 64.3 Å². The first kappa shape index (κ1) is 15.7. The Labute approximate surface area is 138 Å². The van der Waals surface area contributed by atoms with Gasteiger partial charge in [0, 0.05) is 30.6 Å². The number of nitrogens with zero attached hydrogens (tertiary/aromatic N) is 3. The molecule has 0 aliphatic carbocycles. The predicted octanol–water partition coefficient (Wildman–Crippen LogP) is 1.89. The quantitative estimate of drug-likeness (QED) is 0.774. The van der Waals surface area contributed by atoms with E-state index in [0.717, 1.165) is 0 Å². The third-order valence-corrected chi connectivity index (χ3v) is 3.52. The van der Waals surface area contributed by atoms with Gasteiger partial charge in [-0.05, 0) is 37.3 Å². The van der Waals surface area contributed by atoms with E-state index in [1.54, 1.807) is 49.0 Å². The Morgan fingerprint density at radius 3 is 2.75 bits per heavy atom. The molecule has 24 heavy (non-hydrogen) atoms. The van der Waals surface area contributed by atoms with Gasteiger partial charge in [-0.15, -0.1) is 0 Å². The fraction of sp³-hybridized carbons (Fsp3) is 0.176. The van der Waals surface area contributed by atoms with Gasteiger partial charge >= 0.3 is 0 Å². The van der Waals surface area contributed by atoms with Crippen LogP contribution < -0.4 is 10.9 Å². The molecule has 7 nitrogen and oxygen atoms in total. The molecule has 0 fully saturated rings. The van der Waals surface area contributed by atoms with E-state index in [-0.39, 0.29) is 24.1 Å². The second-order valence-electron chi connectivity index (χ2n) is 5.27. The maximum Gasteiger partial charge on any atom is 0.267 e. The number of furan rings is 1. The minimum absolute atomic E-state index is 0.223. The van der Waals surface area contributed by atoms with Gasteiger partial charge in [-0.2, -0.15) is 5.10 Å². The monoisotopic (exact) mass is 324 g/mol. The van der Waals surface area contributed by atoms with Crippen LogP contribution in [-0.2, 0) is 0 Å². The number of carbonyl (C=O) groups is 1. The van der Waals surface area contributed by atoms with E-state index < -0.39 is 0 Å². The smallest absolute Gasteiger partial charge is 0.267 e. The number of amides is 1. The highest BCUT2D eigenvalue weighted by atomic mass is 16.3. The van der Waals surface area contributed by atoms with Crippen LogP contribution in [0.2, 0.25) is 0 Å². The van der Waals surface area contributed by atoms with Gasteiger partial charge in [-0.3, -0.25) is 14.6 Å². The summed E-state index contributed by atoms with van der Waals surface area (Å²) in [5.74, 6) is 0.358. The molecule has 0 aliphatic rings. The zero-order valence-corrected chi connectivity index (χ0v) is 13.0. The van der Waals surface area contributed by atoms with Crippen molar-refractivity contribution in [2.45, 2.75) is 13.0 Å². The van der Waals surface area contributed by atoms with Crippen molar-refractivity contribution in [3.05, 3.63) is 71.0 Å². The van der Waals surface area contributed by atoms with Crippen LogP contribution in [0.1, 0.15) is 23.3 Å². The summed E-state index contributed by atoms with van der Waals surface area (Å²) in [4.78, 5) is 28.0. The number of aromatic nitrogens is 3. The van der Waals surface area contributed by atoms with Crippen LogP contribution in [0.5, 0.6) is 0 Å². The van der Waals surface area contributed by atoms with Crippen molar-refractivity contribution in [2.75, 3.05) is 6.54 Å². The lowest BCUT2D eigenvalue weighted by molar-refractivity contribution is 0.0947. The van der Waals surface area contributed by atoms with Crippen LogP contribution in [0, 0.1) is 0 Å². The Morgan fingerprint density at radius 1 is 1.25 bits per heavy atom. The molecule has 0 saturated heterocycles. The third-order valence-electron chi connectivity index (χ3n) is 3.52. The van der Waals surface area contributed by atoms with E-state index in [9.17, 15) is 9.59 Å². The predicted molar refractivity (Wildman–Crippen MR) is 87.5 cm³/mol. The fourth-order valence-corrected chi connectivity index (χ4v) is 2.23. The van der Waals surface area contributed by atoms with Crippen LogP contribution in [0.3, 0.4) is 0 Å². The number of carbonyl (C=O) groups excluding carboxylic acids is 1. The Hall–Kier alpha value is -3.22. The lowest BCUT2D eigenvalue weighted by atomic mass is 10.2. The number of hydrogen-bond donors (Lipinski definition) is 1. The van der Waals surface area contributed by atoms with Crippen molar-refractivity contribution in [1.29, 1.82) is 0 Å². The third kappa shape index (κ3) is 3.40. The highest BCUT2D eigenvalue weighted by molar-refractivity contribution is 5.93. The van der Waals surface area contributed by atoms with Crippen LogP contribution in [0.25, 0.3) is 11.5 Å². The molecule has 3 aromatic heterocycles. The van der Waals surface area contributed by atoms with Crippen molar-refractivity contribution >= 4 is 5.91 Å². The summed E-state index contributed by atoms with van der Waals surface area (Å²) in [5, 5.41) is 7.10. The maximum atomic E-state index is 12.1. The van der Waals surface area contributed by atoms with Gasteiger partial charge in [-0.25, -0.2) is 4.68 Å². The van der Waals surface area contributed by atoms with Gasteiger partial charge < -0.3 is 9.73 Å². The minimum Gasteiger partial charge on any atom is -0.463 e. The zero-order chi connectivity index (χ0) is 16.9. The lowest BCUT2D eigenvalue weighted by Gasteiger charge is -2.15. The van der Waals surface area contributed by atoms with Crippen LogP contribution >= 0.6 is 0 Å². The van der Waals surface area contributed by atoms with Crippen molar-refractivity contribution in [1.82, 2.24) is 20.1 Å². The standard InChI is InChI=1S/C17H16N4O3/c1-12(11-19-17(23)13-6-8-18-9-7-13)21-16(22)5-4-14(20-21)15-3-2-10-24-15/h2-10,12H,11H2,1H3,(H,19,23). The summed E-state index contributed by atoms with van der Waals surface area (Å²) in [6, 6.07) is 9.52. The highest BCUT2D eigenvalue weighted by Gasteiger charge is 2.13. The summed E-state index contributed by atoms with van der Waals surface area (Å²) in [7, 11) is 0. The normalized spacial score (nSPS) is 11.9. The number of rotatable bonds is 5. The van der Waals surface area contributed by atoms with Gasteiger partial charge in [0.2, 0.25) is 0 Å². The van der Waals surface area contributed by atoms with E-state index in [1.807, 2.05) is 6.92 Å². The maximum absolute atomic E-state index is 12.1. The molecule has 0 spiro atoms. The molecule has 0 aromatic carbocycles. The number of pyridine rings is 1. The Kier molecular flexibility index (Phi) is 4.51. The molecule has 3 rings (SSSR count). The van der Waals surface area contributed by atoms with Crippen molar-refractivity contribution in [2.24, 2.45) is 0 Å². The van der Waals surface area contributed by atoms with Gasteiger partial charge in [0.15, 0.2) is 5.76 Å². The summed E-state index contributed by atoms with van der Waals surface area (Å²) < 4.78 is 6.63. The first-order valence-corrected chi connectivity index (χ1v) is 7.47. The molecule has 0 bridgehead atoms. The molecule has 1 atom stereocenters. The first-order valence-electron chi connectivity index (χ1n) is 7.47. The van der Waals surface area contributed by atoms with Crippen molar-refractivity contribution < 1.29 is 9.21 Å². The molecule has 1 N–H and O–H groups in total. The Balaban J connectivity index is 1.73. The van der Waals surface area contributed by atoms with Crippen molar-refractivity contribution in [3.8, 4) is 11.5 Å². The van der Waals surface area contributed by atoms with Crippen LogP contribution in [0.4, 0.5) is 0 Å². The van der Waals surface area contributed by atoms with E-state index >= 15 is 0 Å². The average molecular weight is 324 g/mol. The fourth-order valence-electron chi connectivity index (χ4n) is 2.23. The Bertz CT molecular complexity index is 872. The molecule has 122 valence electrons. The molecule has 0 aliphatic heterocycles. The van der Waals surface area contributed by atoms with Crippen LogP contribution in [-0.4, -0.2) is 27.2 Å². The van der Waals surface area contributed by atoms with Gasteiger partial charge in [0.25, 0.3) is 11.5 Å². The van der Waals surface area contributed by atoms with Gasteiger partial charge in [0.1, 0.15) is 5.69 Å². The zero-order valence-electron chi connectivity index (χ0n) is 13.0. The summed E-state index contributed by atoms with van der Waals surface area (Å²) in [6.07, 6.45) is 4.65. The average Bonchev–Trinajstić information content (AvgIpc) is 3.15. The SMILES string of the molecule is CC(CNC(=O)c1ccncc1)n1nc(-c2ccco2)ccc1=O. The van der Waals surface area contributed by atoms with E-state index in [0.29, 0.717) is 17.0 Å². The molecule has 3 heterocycles. The molecule has 7 heteroatoms. The lowest BCUT2D eigenvalue weighted by Crippen LogP contribution is -2.34. The van der Waals surface area contributed by atoms with E-state index in [1.165, 1.54) is 10.7 Å². The van der Waals surface area contributed by atoms with Crippen molar-refractivity contribution in [3.63, 3.8) is 0 Å². The summed E-state index contributed by atoms with van der Waals surface area (Å²) in [6.45, 7) is 2.09. The summed E-state index contributed by atoms with van der Waals surface area (Å²) >= 11 is 0. The van der Waals surface area contributed by atoms with E-state index in [2.05, 4.69) is 15.4 Å². The highest BCUT2D eigenvalue weighted by Crippen LogP contribution is 2.16. The van der Waals surface area contributed by atoms with E-state index in [4.69, 9.17) is 4.42 Å². The first-order chi connectivity index (χ1) is 11.6. The molecule has 0 saturated carbocycles.